The first-order chi connectivity index (χ1) is 21.0. The first kappa shape index (κ1) is 35.7. The second-order valence-corrected chi connectivity index (χ2v) is 12.1. The number of carbonyl (C=O) groups is 3. The smallest absolute Gasteiger partial charge is 0.452 e. The molecule has 45 heavy (non-hydrogen) atoms. The Morgan fingerprint density at radius 2 is 1.58 bits per heavy atom. The maximum absolute atomic E-state index is 14.0. The van der Waals surface area contributed by atoms with Gasteiger partial charge in [0.1, 0.15) is 23.3 Å². The minimum atomic E-state index is -5.32. The SMILES string of the molecule is CCc1cccc(CNC[C@H](OC(=O)C(F)(F)F)[C@H](Cc2cc(F)cc(F)c2)NC(=O)C2CCN(C(=O)OC(C)(C)C)CC2)c1. The Hall–Kier alpha value is -3.74. The molecule has 13 heteroatoms. The number of nitrogens with zero attached hydrogens (tertiary/aromatic N) is 1. The number of aryl methyl sites for hydroxylation is 1. The van der Waals surface area contributed by atoms with Gasteiger partial charge in [-0.3, -0.25) is 4.79 Å². The van der Waals surface area contributed by atoms with Crippen molar-refractivity contribution in [1.29, 1.82) is 0 Å². The molecule has 1 aliphatic heterocycles. The minimum Gasteiger partial charge on any atom is -0.452 e. The molecule has 2 aromatic carbocycles. The Morgan fingerprint density at radius 1 is 0.956 bits per heavy atom. The number of benzene rings is 2. The van der Waals surface area contributed by atoms with Crippen LogP contribution in [-0.4, -0.2) is 66.4 Å². The molecule has 1 saturated heterocycles. The molecule has 248 valence electrons. The van der Waals surface area contributed by atoms with Crippen LogP contribution in [-0.2, 0) is 38.4 Å². The van der Waals surface area contributed by atoms with Crippen molar-refractivity contribution in [3.05, 3.63) is 70.8 Å². The Kier molecular flexibility index (Phi) is 12.3. The molecule has 0 saturated carbocycles. The lowest BCUT2D eigenvalue weighted by Crippen LogP contribution is -2.54. The van der Waals surface area contributed by atoms with E-state index in [2.05, 4.69) is 10.6 Å². The van der Waals surface area contributed by atoms with Gasteiger partial charge in [0.05, 0.1) is 6.04 Å². The van der Waals surface area contributed by atoms with Crippen LogP contribution in [0.3, 0.4) is 0 Å². The van der Waals surface area contributed by atoms with Crippen molar-refractivity contribution in [2.75, 3.05) is 19.6 Å². The number of amides is 2. The van der Waals surface area contributed by atoms with E-state index < -0.39 is 59.4 Å². The van der Waals surface area contributed by atoms with Crippen molar-refractivity contribution in [2.45, 2.75) is 83.8 Å². The van der Waals surface area contributed by atoms with Gasteiger partial charge in [-0.25, -0.2) is 18.4 Å². The lowest BCUT2D eigenvalue weighted by molar-refractivity contribution is -0.206. The summed E-state index contributed by atoms with van der Waals surface area (Å²) in [7, 11) is 0. The molecule has 0 unspecified atom stereocenters. The summed E-state index contributed by atoms with van der Waals surface area (Å²) < 4.78 is 78.3. The van der Waals surface area contributed by atoms with E-state index in [0.717, 1.165) is 29.7 Å². The van der Waals surface area contributed by atoms with Gasteiger partial charge in [-0.1, -0.05) is 31.2 Å². The number of halogens is 5. The van der Waals surface area contributed by atoms with Crippen LogP contribution in [0.25, 0.3) is 0 Å². The summed E-state index contributed by atoms with van der Waals surface area (Å²) in [4.78, 5) is 39.3. The molecule has 1 aliphatic rings. The fourth-order valence-electron chi connectivity index (χ4n) is 5.00. The van der Waals surface area contributed by atoms with Gasteiger partial charge in [-0.2, -0.15) is 13.2 Å². The summed E-state index contributed by atoms with van der Waals surface area (Å²) in [5.41, 5.74) is 1.22. The monoisotopic (exact) mass is 641 g/mol. The number of alkyl halides is 3. The standard InChI is InChI=1S/C32H40F5N3O5/c1-5-20-7-6-8-21(13-20)18-38-19-27(44-29(42)32(35,36)37)26(16-22-14-24(33)17-25(34)15-22)39-28(41)23-9-11-40(12-10-23)30(43)45-31(2,3)4/h6-8,13-15,17,23,26-27,38H,5,9-12,16,18-19H2,1-4H3,(H,39,41)/t26-,27-/m0/s1. The first-order valence-electron chi connectivity index (χ1n) is 14.8. The Bertz CT molecular complexity index is 1300. The Labute approximate surface area is 259 Å². The van der Waals surface area contributed by atoms with Crippen molar-refractivity contribution in [1.82, 2.24) is 15.5 Å². The number of hydrogen-bond donors (Lipinski definition) is 2. The minimum absolute atomic E-state index is 0.0428. The molecule has 2 aromatic rings. The van der Waals surface area contributed by atoms with Gasteiger partial charge in [0, 0.05) is 38.2 Å². The van der Waals surface area contributed by atoms with E-state index in [1.807, 2.05) is 31.2 Å². The van der Waals surface area contributed by atoms with Gasteiger partial charge in [0.25, 0.3) is 0 Å². The highest BCUT2D eigenvalue weighted by Crippen LogP contribution is 2.23. The van der Waals surface area contributed by atoms with E-state index >= 15 is 0 Å². The van der Waals surface area contributed by atoms with Gasteiger partial charge < -0.3 is 25.0 Å². The summed E-state index contributed by atoms with van der Waals surface area (Å²) in [6.45, 7) is 7.49. The first-order valence-corrected chi connectivity index (χ1v) is 14.8. The second kappa shape index (κ2) is 15.5. The van der Waals surface area contributed by atoms with E-state index in [1.165, 1.54) is 4.90 Å². The Morgan fingerprint density at radius 3 is 2.16 bits per heavy atom. The summed E-state index contributed by atoms with van der Waals surface area (Å²) in [6, 6.07) is 8.85. The average Bonchev–Trinajstić information content (AvgIpc) is 2.94. The van der Waals surface area contributed by atoms with E-state index in [0.29, 0.717) is 6.07 Å². The lowest BCUT2D eigenvalue weighted by Gasteiger charge is -2.34. The number of carbonyl (C=O) groups excluding carboxylic acids is 3. The van der Waals surface area contributed by atoms with Gasteiger partial charge in [0.2, 0.25) is 5.91 Å². The number of likely N-dealkylation sites (tertiary alicyclic amines) is 1. The van der Waals surface area contributed by atoms with Gasteiger partial charge in [-0.05, 0) is 75.3 Å². The Balaban J connectivity index is 1.81. The van der Waals surface area contributed by atoms with Crippen molar-refractivity contribution in [3.8, 4) is 0 Å². The number of piperidine rings is 1. The molecular weight excluding hydrogens is 601 g/mol. The summed E-state index contributed by atoms with van der Waals surface area (Å²) in [6.07, 6.45) is -6.49. The molecule has 2 atom stereocenters. The predicted octanol–water partition coefficient (Wildman–Crippen LogP) is 5.47. The number of ether oxygens (including phenoxy) is 2. The van der Waals surface area contributed by atoms with Gasteiger partial charge in [-0.15, -0.1) is 0 Å². The zero-order chi connectivity index (χ0) is 33.4. The lowest BCUT2D eigenvalue weighted by atomic mass is 9.94. The number of nitrogens with one attached hydrogen (secondary N) is 2. The second-order valence-electron chi connectivity index (χ2n) is 12.1. The topological polar surface area (TPSA) is 97.0 Å². The molecule has 2 N–H and O–H groups in total. The van der Waals surface area contributed by atoms with Gasteiger partial charge >= 0.3 is 18.2 Å². The number of rotatable bonds is 11. The molecule has 0 spiro atoms. The maximum Gasteiger partial charge on any atom is 0.490 e. The molecule has 8 nitrogen and oxygen atoms in total. The van der Waals surface area contributed by atoms with Crippen LogP contribution in [0.4, 0.5) is 26.7 Å². The number of esters is 1. The van der Waals surface area contributed by atoms with Crippen LogP contribution in [0.2, 0.25) is 0 Å². The molecule has 0 aromatic heterocycles. The van der Waals surface area contributed by atoms with E-state index in [-0.39, 0.29) is 51.0 Å². The quantitative estimate of drug-likeness (QED) is 0.250. The van der Waals surface area contributed by atoms with Crippen molar-refractivity contribution in [3.63, 3.8) is 0 Å². The van der Waals surface area contributed by atoms with Crippen LogP contribution >= 0.6 is 0 Å². The summed E-state index contributed by atoms with van der Waals surface area (Å²) >= 11 is 0. The van der Waals surface area contributed by atoms with Crippen LogP contribution in [0, 0.1) is 17.6 Å². The third-order valence-electron chi connectivity index (χ3n) is 7.24. The van der Waals surface area contributed by atoms with Crippen molar-refractivity contribution >= 4 is 18.0 Å². The third-order valence-corrected chi connectivity index (χ3v) is 7.24. The highest BCUT2D eigenvalue weighted by atomic mass is 19.4. The molecule has 0 aliphatic carbocycles. The average molecular weight is 642 g/mol. The van der Waals surface area contributed by atoms with E-state index in [4.69, 9.17) is 9.47 Å². The predicted molar refractivity (Wildman–Crippen MR) is 156 cm³/mol. The molecule has 0 bridgehead atoms. The van der Waals surface area contributed by atoms with Crippen LogP contribution < -0.4 is 10.6 Å². The number of hydrogen-bond acceptors (Lipinski definition) is 6. The zero-order valence-electron chi connectivity index (χ0n) is 25.8. The van der Waals surface area contributed by atoms with Crippen LogP contribution in [0.5, 0.6) is 0 Å². The van der Waals surface area contributed by atoms with Gasteiger partial charge in [0.15, 0.2) is 0 Å². The highest BCUT2D eigenvalue weighted by molar-refractivity contribution is 5.80. The third kappa shape index (κ3) is 11.6. The summed E-state index contributed by atoms with van der Waals surface area (Å²) in [5.74, 6) is -5.47. The summed E-state index contributed by atoms with van der Waals surface area (Å²) in [5, 5.41) is 5.66. The molecule has 3 rings (SSSR count). The van der Waals surface area contributed by atoms with Crippen LogP contribution in [0.1, 0.15) is 57.2 Å². The van der Waals surface area contributed by atoms with Crippen molar-refractivity contribution in [2.24, 2.45) is 5.92 Å². The van der Waals surface area contributed by atoms with E-state index in [9.17, 15) is 36.3 Å². The zero-order valence-corrected chi connectivity index (χ0v) is 25.8. The largest absolute Gasteiger partial charge is 0.490 e. The fraction of sp³-hybridized carbons (Fsp3) is 0.531. The molecule has 1 fully saturated rings. The molecule has 2 amide bonds. The molecular formula is C32H40F5N3O5. The van der Waals surface area contributed by atoms with E-state index in [1.54, 1.807) is 20.8 Å². The fourth-order valence-corrected chi connectivity index (χ4v) is 5.00. The van der Waals surface area contributed by atoms with Crippen LogP contribution in [0.15, 0.2) is 42.5 Å². The normalized spacial score (nSPS) is 15.7. The highest BCUT2D eigenvalue weighted by Gasteiger charge is 2.44. The maximum atomic E-state index is 14.0. The van der Waals surface area contributed by atoms with Crippen molar-refractivity contribution < 1.29 is 45.8 Å². The molecule has 1 heterocycles. The molecule has 0 radical (unpaired) electrons.